The minimum atomic E-state index is -1.20. The lowest BCUT2D eigenvalue weighted by Gasteiger charge is -2.14. The largest absolute Gasteiger partial charge is 0.476 e. The molecule has 1 aromatic rings. The van der Waals surface area contributed by atoms with E-state index in [0.717, 1.165) is 19.3 Å². The molecule has 1 amide bonds. The highest BCUT2D eigenvalue weighted by Gasteiger charge is 2.20. The van der Waals surface area contributed by atoms with Gasteiger partial charge in [-0.3, -0.25) is 4.79 Å². The van der Waals surface area contributed by atoms with Gasteiger partial charge in [0.05, 0.1) is 0 Å². The number of hydrogen-bond acceptors (Lipinski definition) is 4. The molecular weight excluding hydrogens is 246 g/mol. The molecule has 104 valence electrons. The third kappa shape index (κ3) is 4.31. The molecular formula is C13H19N3O3. The van der Waals surface area contributed by atoms with E-state index in [4.69, 9.17) is 5.11 Å². The molecule has 6 heteroatoms. The third-order valence-electron chi connectivity index (χ3n) is 2.91. The third-order valence-corrected chi connectivity index (χ3v) is 2.91. The zero-order valence-electron chi connectivity index (χ0n) is 11.2. The molecule has 2 N–H and O–H groups in total. The maximum atomic E-state index is 12.1. The molecule has 0 aliphatic carbocycles. The van der Waals surface area contributed by atoms with Crippen molar-refractivity contribution in [3.05, 3.63) is 18.1 Å². The van der Waals surface area contributed by atoms with Crippen molar-refractivity contribution in [3.63, 3.8) is 0 Å². The van der Waals surface area contributed by atoms with Crippen LogP contribution < -0.4 is 5.32 Å². The Kier molecular flexibility index (Phi) is 5.92. The lowest BCUT2D eigenvalue weighted by atomic mass is 9.98. The summed E-state index contributed by atoms with van der Waals surface area (Å²) in [5.41, 5.74) is -0.235. The molecule has 0 saturated carbocycles. The van der Waals surface area contributed by atoms with Crippen LogP contribution in [0.25, 0.3) is 0 Å². The van der Waals surface area contributed by atoms with Gasteiger partial charge < -0.3 is 10.4 Å². The number of carbonyl (C=O) groups excluding carboxylic acids is 1. The highest BCUT2D eigenvalue weighted by atomic mass is 16.4. The van der Waals surface area contributed by atoms with Crippen LogP contribution in [-0.2, 0) is 4.79 Å². The first kappa shape index (κ1) is 15.1. The van der Waals surface area contributed by atoms with E-state index in [0.29, 0.717) is 6.42 Å². The molecule has 1 unspecified atom stereocenters. The number of unbranched alkanes of at least 4 members (excludes halogenated alkanes) is 1. The fourth-order valence-electron chi connectivity index (χ4n) is 1.78. The van der Waals surface area contributed by atoms with Gasteiger partial charge in [-0.25, -0.2) is 14.8 Å². The van der Waals surface area contributed by atoms with E-state index in [1.807, 2.05) is 6.92 Å². The van der Waals surface area contributed by atoms with Crippen molar-refractivity contribution in [2.45, 2.75) is 39.5 Å². The van der Waals surface area contributed by atoms with Crippen molar-refractivity contribution >= 4 is 17.7 Å². The quantitative estimate of drug-likeness (QED) is 0.789. The molecule has 0 radical (unpaired) electrons. The van der Waals surface area contributed by atoms with E-state index in [1.54, 1.807) is 0 Å². The molecule has 0 aliphatic rings. The average molecular weight is 265 g/mol. The number of nitrogens with one attached hydrogen (secondary N) is 1. The first-order chi connectivity index (χ1) is 9.10. The van der Waals surface area contributed by atoms with Crippen LogP contribution in [-0.4, -0.2) is 27.0 Å². The van der Waals surface area contributed by atoms with Gasteiger partial charge in [0.15, 0.2) is 11.5 Å². The molecule has 1 atom stereocenters. The Morgan fingerprint density at radius 3 is 2.58 bits per heavy atom. The van der Waals surface area contributed by atoms with Gasteiger partial charge in [-0.05, 0) is 12.8 Å². The van der Waals surface area contributed by atoms with E-state index in [1.165, 1.54) is 12.4 Å². The summed E-state index contributed by atoms with van der Waals surface area (Å²) in [4.78, 5) is 30.6. The zero-order chi connectivity index (χ0) is 14.3. The van der Waals surface area contributed by atoms with Crippen LogP contribution in [0.3, 0.4) is 0 Å². The van der Waals surface area contributed by atoms with Crippen LogP contribution in [0.5, 0.6) is 0 Å². The smallest absolute Gasteiger partial charge is 0.358 e. The Morgan fingerprint density at radius 2 is 2.00 bits per heavy atom. The van der Waals surface area contributed by atoms with Crippen molar-refractivity contribution in [1.29, 1.82) is 0 Å². The number of hydrogen-bond donors (Lipinski definition) is 2. The van der Waals surface area contributed by atoms with Crippen LogP contribution in [0.1, 0.15) is 50.0 Å². The maximum Gasteiger partial charge on any atom is 0.358 e. The molecule has 19 heavy (non-hydrogen) atoms. The first-order valence-corrected chi connectivity index (χ1v) is 6.45. The van der Waals surface area contributed by atoms with Crippen LogP contribution in [0, 0.1) is 5.92 Å². The first-order valence-electron chi connectivity index (χ1n) is 6.45. The number of carboxylic acids is 1. The number of rotatable bonds is 7. The van der Waals surface area contributed by atoms with Gasteiger partial charge >= 0.3 is 5.97 Å². The Labute approximate surface area is 112 Å². The highest BCUT2D eigenvalue weighted by molar-refractivity contribution is 5.98. The molecule has 0 aliphatic heterocycles. The van der Waals surface area contributed by atoms with Gasteiger partial charge in [-0.15, -0.1) is 0 Å². The second-order valence-corrected chi connectivity index (χ2v) is 4.30. The summed E-state index contributed by atoms with van der Waals surface area (Å²) in [6.45, 7) is 4.00. The molecule has 0 bridgehead atoms. The predicted octanol–water partition coefficient (Wildman–Crippen LogP) is 2.33. The number of aromatic nitrogens is 2. The van der Waals surface area contributed by atoms with Gasteiger partial charge in [0.25, 0.3) is 0 Å². The number of aromatic carboxylic acids is 1. The molecule has 0 aromatic carbocycles. The molecule has 1 aromatic heterocycles. The molecule has 0 spiro atoms. The maximum absolute atomic E-state index is 12.1. The minimum Gasteiger partial charge on any atom is -0.476 e. The Hall–Kier alpha value is -1.98. The van der Waals surface area contributed by atoms with Crippen molar-refractivity contribution in [3.8, 4) is 0 Å². The van der Waals surface area contributed by atoms with Gasteiger partial charge in [-0.2, -0.15) is 0 Å². The minimum absolute atomic E-state index is 0.00921. The summed E-state index contributed by atoms with van der Waals surface area (Å²) >= 11 is 0. The van der Waals surface area contributed by atoms with Crippen LogP contribution in [0.4, 0.5) is 5.82 Å². The molecule has 1 rings (SSSR count). The van der Waals surface area contributed by atoms with Crippen molar-refractivity contribution in [1.82, 2.24) is 9.97 Å². The number of nitrogens with zero attached hydrogens (tertiary/aromatic N) is 2. The predicted molar refractivity (Wildman–Crippen MR) is 70.9 cm³/mol. The normalized spacial score (nSPS) is 11.9. The summed E-state index contributed by atoms with van der Waals surface area (Å²) in [5.74, 6) is -1.51. The summed E-state index contributed by atoms with van der Waals surface area (Å²) in [6, 6.07) is 0. The molecule has 1 heterocycles. The van der Waals surface area contributed by atoms with Gasteiger partial charge in [-0.1, -0.05) is 26.7 Å². The SMILES string of the molecule is CCCCC(CC)C(=O)Nc1nccnc1C(=O)O. The standard InChI is InChI=1S/C13H19N3O3/c1-3-5-6-9(4-2)12(17)16-11-10(13(18)19)14-7-8-15-11/h7-9H,3-6H2,1-2H3,(H,18,19)(H,15,16,17). The zero-order valence-corrected chi connectivity index (χ0v) is 11.2. The van der Waals surface area contributed by atoms with E-state index in [-0.39, 0.29) is 23.3 Å². The fourth-order valence-corrected chi connectivity index (χ4v) is 1.78. The number of carbonyl (C=O) groups is 2. The van der Waals surface area contributed by atoms with E-state index < -0.39 is 5.97 Å². The second-order valence-electron chi connectivity index (χ2n) is 4.30. The van der Waals surface area contributed by atoms with Gasteiger partial charge in [0, 0.05) is 18.3 Å². The number of anilines is 1. The summed E-state index contributed by atoms with van der Waals surface area (Å²) in [5, 5.41) is 11.5. The summed E-state index contributed by atoms with van der Waals surface area (Å²) in [7, 11) is 0. The van der Waals surface area contributed by atoms with E-state index in [9.17, 15) is 9.59 Å². The van der Waals surface area contributed by atoms with Crippen molar-refractivity contribution in [2.24, 2.45) is 5.92 Å². The second kappa shape index (κ2) is 7.45. The lowest BCUT2D eigenvalue weighted by molar-refractivity contribution is -0.120. The fraction of sp³-hybridized carbons (Fsp3) is 0.538. The lowest BCUT2D eigenvalue weighted by Crippen LogP contribution is -2.24. The number of carboxylic acid groups (broad SMARTS) is 1. The highest BCUT2D eigenvalue weighted by Crippen LogP contribution is 2.16. The van der Waals surface area contributed by atoms with Crippen LogP contribution in [0.15, 0.2) is 12.4 Å². The topological polar surface area (TPSA) is 92.2 Å². The Bertz CT molecular complexity index is 449. The molecule has 0 fully saturated rings. The summed E-state index contributed by atoms with van der Waals surface area (Å²) < 4.78 is 0. The Morgan fingerprint density at radius 1 is 1.32 bits per heavy atom. The van der Waals surface area contributed by atoms with Gasteiger partial charge in [0.2, 0.25) is 5.91 Å². The monoisotopic (exact) mass is 265 g/mol. The summed E-state index contributed by atoms with van der Waals surface area (Å²) in [6.07, 6.45) is 6.14. The van der Waals surface area contributed by atoms with E-state index >= 15 is 0 Å². The van der Waals surface area contributed by atoms with Crippen molar-refractivity contribution < 1.29 is 14.7 Å². The van der Waals surface area contributed by atoms with Crippen LogP contribution in [0.2, 0.25) is 0 Å². The average Bonchev–Trinajstić information content (AvgIpc) is 2.40. The number of amides is 1. The molecule has 6 nitrogen and oxygen atoms in total. The van der Waals surface area contributed by atoms with Crippen LogP contribution >= 0.6 is 0 Å². The van der Waals surface area contributed by atoms with Crippen molar-refractivity contribution in [2.75, 3.05) is 5.32 Å². The molecule has 0 saturated heterocycles. The van der Waals surface area contributed by atoms with Gasteiger partial charge in [0.1, 0.15) is 0 Å². The van der Waals surface area contributed by atoms with E-state index in [2.05, 4.69) is 22.2 Å². The Balaban J connectivity index is 2.78.